The van der Waals surface area contributed by atoms with Crippen molar-refractivity contribution in [2.45, 2.75) is 31.4 Å². The van der Waals surface area contributed by atoms with Crippen molar-refractivity contribution in [2.75, 3.05) is 19.7 Å². The number of carbonyl (C=O) groups excluding carboxylic acids is 3. The molecule has 2 saturated heterocycles. The van der Waals surface area contributed by atoms with Crippen molar-refractivity contribution in [1.82, 2.24) is 15.5 Å². The van der Waals surface area contributed by atoms with Gasteiger partial charge in [-0.1, -0.05) is 18.2 Å². The smallest absolute Gasteiger partial charge is 0.325 e. The molecule has 2 aliphatic heterocycles. The molecule has 2 fully saturated rings. The topological polar surface area (TPSA) is 101 Å². The fraction of sp³-hybridized carbons (Fsp3) is 0.421. The van der Waals surface area contributed by atoms with Crippen LogP contribution in [-0.2, 0) is 19.9 Å². The van der Waals surface area contributed by atoms with Crippen LogP contribution in [0.25, 0.3) is 11.0 Å². The lowest BCUT2D eigenvalue weighted by molar-refractivity contribution is -0.135. The number of nitrogens with zero attached hydrogens (tertiary/aromatic N) is 1. The normalized spacial score (nSPS) is 25.2. The Balaban J connectivity index is 1.46. The van der Waals surface area contributed by atoms with Crippen LogP contribution in [0.2, 0.25) is 0 Å². The summed E-state index contributed by atoms with van der Waals surface area (Å²) in [5.74, 6) is -0.578. The largest absolute Gasteiger partial charge is 0.458 e. The molecule has 2 aromatic rings. The van der Waals surface area contributed by atoms with Crippen LogP contribution < -0.4 is 10.6 Å². The van der Waals surface area contributed by atoms with Crippen molar-refractivity contribution >= 4 is 28.8 Å². The average Bonchev–Trinajstić information content (AvgIpc) is 3.36. The van der Waals surface area contributed by atoms with E-state index in [0.717, 1.165) is 23.1 Å². The van der Waals surface area contributed by atoms with Crippen LogP contribution in [0.1, 0.15) is 25.5 Å². The van der Waals surface area contributed by atoms with E-state index in [1.807, 2.05) is 18.2 Å². The Morgan fingerprint density at radius 1 is 1.37 bits per heavy atom. The van der Waals surface area contributed by atoms with E-state index in [0.29, 0.717) is 24.5 Å². The fourth-order valence-corrected chi connectivity index (χ4v) is 3.47. The Bertz CT molecular complexity index is 869. The van der Waals surface area contributed by atoms with Gasteiger partial charge in [-0.05, 0) is 31.9 Å². The summed E-state index contributed by atoms with van der Waals surface area (Å²) < 4.78 is 11.2. The van der Waals surface area contributed by atoms with Gasteiger partial charge in [0.25, 0.3) is 5.91 Å². The van der Waals surface area contributed by atoms with Gasteiger partial charge in [-0.3, -0.25) is 14.5 Å². The van der Waals surface area contributed by atoms with Gasteiger partial charge in [0.05, 0.1) is 6.10 Å². The number of ether oxygens (including phenoxy) is 1. The monoisotopic (exact) mass is 371 g/mol. The molecule has 1 aromatic carbocycles. The zero-order chi connectivity index (χ0) is 19.0. The summed E-state index contributed by atoms with van der Waals surface area (Å²) in [4.78, 5) is 38.3. The minimum absolute atomic E-state index is 0.00197. The maximum Gasteiger partial charge on any atom is 0.325 e. The Kier molecular flexibility index (Phi) is 4.35. The number of rotatable bonds is 5. The molecule has 4 amide bonds. The van der Waals surface area contributed by atoms with Crippen LogP contribution in [0.15, 0.2) is 34.7 Å². The van der Waals surface area contributed by atoms with E-state index in [2.05, 4.69) is 10.6 Å². The standard InChI is InChI=1S/C19H21N3O5/c1-19(15-9-12-5-2-3-7-14(12)27-15)17(24)22(18(25)21-19)11-16(23)20-10-13-6-4-8-26-13/h2-3,5,7,9,13H,4,6,8,10-11H2,1H3,(H,20,23)(H,21,25)/t13-,19-/m1/s1. The second kappa shape index (κ2) is 6.70. The van der Waals surface area contributed by atoms with Gasteiger partial charge < -0.3 is 19.8 Å². The van der Waals surface area contributed by atoms with E-state index >= 15 is 0 Å². The Morgan fingerprint density at radius 3 is 2.93 bits per heavy atom. The molecule has 8 nitrogen and oxygen atoms in total. The second-order valence-corrected chi connectivity index (χ2v) is 7.03. The molecule has 8 heteroatoms. The van der Waals surface area contributed by atoms with Gasteiger partial charge in [0.15, 0.2) is 5.54 Å². The van der Waals surface area contributed by atoms with Crippen molar-refractivity contribution in [3.63, 3.8) is 0 Å². The lowest BCUT2D eigenvalue weighted by atomic mass is 9.99. The van der Waals surface area contributed by atoms with Crippen LogP contribution in [0, 0.1) is 0 Å². The highest BCUT2D eigenvalue weighted by molar-refractivity contribution is 6.09. The van der Waals surface area contributed by atoms with Crippen LogP contribution in [-0.4, -0.2) is 48.5 Å². The molecular formula is C19H21N3O5. The molecule has 1 aromatic heterocycles. The third-order valence-corrected chi connectivity index (χ3v) is 5.05. The molecule has 3 heterocycles. The number of imide groups is 1. The number of urea groups is 1. The molecule has 2 aliphatic rings. The SMILES string of the molecule is C[C@]1(c2cc3ccccc3o2)NC(=O)N(CC(=O)NC[C@H]2CCCO2)C1=O. The third-order valence-electron chi connectivity index (χ3n) is 5.05. The first-order valence-electron chi connectivity index (χ1n) is 8.99. The molecule has 0 bridgehead atoms. The van der Waals surface area contributed by atoms with Gasteiger partial charge in [0.2, 0.25) is 5.91 Å². The molecule has 0 unspecified atom stereocenters. The van der Waals surface area contributed by atoms with Crippen molar-refractivity contribution in [3.8, 4) is 0 Å². The van der Waals surface area contributed by atoms with E-state index in [-0.39, 0.29) is 12.6 Å². The lowest BCUT2D eigenvalue weighted by Crippen LogP contribution is -2.44. The Labute approximate surface area is 155 Å². The summed E-state index contributed by atoms with van der Waals surface area (Å²) in [6.45, 7) is 2.31. The number of nitrogens with one attached hydrogen (secondary N) is 2. The summed E-state index contributed by atoms with van der Waals surface area (Å²) in [5, 5.41) is 6.21. The maximum atomic E-state index is 12.9. The summed E-state index contributed by atoms with van der Waals surface area (Å²) in [6, 6.07) is 8.47. The van der Waals surface area contributed by atoms with Crippen molar-refractivity contribution < 1.29 is 23.5 Å². The molecule has 2 N–H and O–H groups in total. The predicted molar refractivity (Wildman–Crippen MR) is 95.8 cm³/mol. The average molecular weight is 371 g/mol. The van der Waals surface area contributed by atoms with Gasteiger partial charge in [-0.15, -0.1) is 0 Å². The zero-order valence-electron chi connectivity index (χ0n) is 15.0. The van der Waals surface area contributed by atoms with Crippen LogP contribution in [0.3, 0.4) is 0 Å². The molecule has 27 heavy (non-hydrogen) atoms. The molecule has 0 saturated carbocycles. The summed E-state index contributed by atoms with van der Waals surface area (Å²) in [7, 11) is 0. The quantitative estimate of drug-likeness (QED) is 0.776. The van der Waals surface area contributed by atoms with E-state index in [1.165, 1.54) is 0 Å². The first-order valence-corrected chi connectivity index (χ1v) is 8.99. The summed E-state index contributed by atoms with van der Waals surface area (Å²) in [5.41, 5.74) is -0.714. The molecule has 2 atom stereocenters. The number of carbonyl (C=O) groups is 3. The first kappa shape index (κ1) is 17.5. The Hall–Kier alpha value is -2.87. The number of hydrogen-bond acceptors (Lipinski definition) is 5. The lowest BCUT2D eigenvalue weighted by Gasteiger charge is -2.19. The van der Waals surface area contributed by atoms with Gasteiger partial charge in [-0.25, -0.2) is 4.79 Å². The number of para-hydroxylation sites is 1. The van der Waals surface area contributed by atoms with Gasteiger partial charge in [0.1, 0.15) is 17.9 Å². The summed E-state index contributed by atoms with van der Waals surface area (Å²) >= 11 is 0. The minimum atomic E-state index is -1.34. The van der Waals surface area contributed by atoms with Gasteiger partial charge in [0, 0.05) is 18.5 Å². The highest BCUT2D eigenvalue weighted by atomic mass is 16.5. The molecule has 0 aliphatic carbocycles. The van der Waals surface area contributed by atoms with Crippen molar-refractivity contribution in [2.24, 2.45) is 0 Å². The molecular weight excluding hydrogens is 350 g/mol. The van der Waals surface area contributed by atoms with Crippen LogP contribution in [0.4, 0.5) is 4.79 Å². The highest BCUT2D eigenvalue weighted by Gasteiger charge is 2.51. The number of furan rings is 1. The molecule has 4 rings (SSSR count). The Morgan fingerprint density at radius 2 is 2.19 bits per heavy atom. The number of benzene rings is 1. The predicted octanol–water partition coefficient (Wildman–Crippen LogP) is 1.49. The molecule has 142 valence electrons. The first-order chi connectivity index (χ1) is 13.0. The number of fused-ring (bicyclic) bond motifs is 1. The molecule has 0 radical (unpaired) electrons. The third kappa shape index (κ3) is 3.16. The fourth-order valence-electron chi connectivity index (χ4n) is 3.47. The summed E-state index contributed by atoms with van der Waals surface area (Å²) in [6.07, 6.45) is 1.87. The van der Waals surface area contributed by atoms with E-state index in [9.17, 15) is 14.4 Å². The second-order valence-electron chi connectivity index (χ2n) is 7.03. The number of amides is 4. The van der Waals surface area contributed by atoms with Crippen LogP contribution >= 0.6 is 0 Å². The minimum Gasteiger partial charge on any atom is -0.458 e. The van der Waals surface area contributed by atoms with Crippen molar-refractivity contribution in [3.05, 3.63) is 36.1 Å². The van der Waals surface area contributed by atoms with E-state index < -0.39 is 23.4 Å². The maximum absolute atomic E-state index is 12.9. The number of hydrogen-bond donors (Lipinski definition) is 2. The molecule has 0 spiro atoms. The van der Waals surface area contributed by atoms with Gasteiger partial charge >= 0.3 is 6.03 Å². The van der Waals surface area contributed by atoms with Gasteiger partial charge in [-0.2, -0.15) is 0 Å². The zero-order valence-corrected chi connectivity index (χ0v) is 15.0. The van der Waals surface area contributed by atoms with Crippen LogP contribution in [0.5, 0.6) is 0 Å². The highest BCUT2D eigenvalue weighted by Crippen LogP contribution is 2.32. The van der Waals surface area contributed by atoms with E-state index in [1.54, 1.807) is 19.1 Å². The van der Waals surface area contributed by atoms with E-state index in [4.69, 9.17) is 9.15 Å². The van der Waals surface area contributed by atoms with Crippen molar-refractivity contribution in [1.29, 1.82) is 0 Å².